The second-order valence-electron chi connectivity index (χ2n) is 6.64. The lowest BCUT2D eigenvalue weighted by atomic mass is 10.1. The third kappa shape index (κ3) is 4.16. The minimum atomic E-state index is -0.000437. The van der Waals surface area contributed by atoms with Crippen LogP contribution in [0.2, 0.25) is 0 Å². The van der Waals surface area contributed by atoms with Gasteiger partial charge in [-0.25, -0.2) is 0 Å². The van der Waals surface area contributed by atoms with Gasteiger partial charge in [-0.05, 0) is 31.4 Å². The van der Waals surface area contributed by atoms with Crippen molar-refractivity contribution in [3.63, 3.8) is 0 Å². The summed E-state index contributed by atoms with van der Waals surface area (Å²) in [6.07, 6.45) is 7.14. The molecule has 128 valence electrons. The van der Waals surface area contributed by atoms with Crippen molar-refractivity contribution >= 4 is 17.5 Å². The average molecular weight is 327 g/mol. The third-order valence-electron chi connectivity index (χ3n) is 4.68. The summed E-state index contributed by atoms with van der Waals surface area (Å²) in [7, 11) is 0. The molecular formula is C19H25N3O2. The molecule has 0 bridgehead atoms. The molecule has 0 atom stereocenters. The first-order valence-corrected chi connectivity index (χ1v) is 8.75. The summed E-state index contributed by atoms with van der Waals surface area (Å²) in [5.41, 5.74) is 6.33. The van der Waals surface area contributed by atoms with Crippen molar-refractivity contribution in [1.29, 1.82) is 0 Å². The minimum Gasteiger partial charge on any atom is -0.353 e. The number of rotatable bonds is 5. The Morgan fingerprint density at radius 1 is 1.25 bits per heavy atom. The van der Waals surface area contributed by atoms with Gasteiger partial charge in [0.25, 0.3) is 0 Å². The van der Waals surface area contributed by atoms with Crippen molar-refractivity contribution < 1.29 is 9.59 Å². The van der Waals surface area contributed by atoms with Crippen LogP contribution in [0.5, 0.6) is 0 Å². The fourth-order valence-electron chi connectivity index (χ4n) is 3.23. The van der Waals surface area contributed by atoms with Crippen molar-refractivity contribution in [3.8, 4) is 0 Å². The molecule has 0 unspecified atom stereocenters. The van der Waals surface area contributed by atoms with E-state index in [9.17, 15) is 9.59 Å². The van der Waals surface area contributed by atoms with Crippen LogP contribution < -0.4 is 10.7 Å². The van der Waals surface area contributed by atoms with Crippen molar-refractivity contribution in [1.82, 2.24) is 15.8 Å². The lowest BCUT2D eigenvalue weighted by Crippen LogP contribution is -2.46. The second-order valence-corrected chi connectivity index (χ2v) is 6.64. The van der Waals surface area contributed by atoms with Gasteiger partial charge >= 0.3 is 0 Å². The van der Waals surface area contributed by atoms with Gasteiger partial charge in [-0.2, -0.15) is 0 Å². The van der Waals surface area contributed by atoms with E-state index in [4.69, 9.17) is 0 Å². The second kappa shape index (κ2) is 7.51. The number of hydrogen-bond donors (Lipinski definition) is 2. The molecule has 0 aromatic heterocycles. The van der Waals surface area contributed by atoms with E-state index in [1.165, 1.54) is 18.4 Å². The number of carbonyl (C=O) groups is 2. The van der Waals surface area contributed by atoms with Gasteiger partial charge < -0.3 is 5.32 Å². The Morgan fingerprint density at radius 2 is 1.96 bits per heavy atom. The van der Waals surface area contributed by atoms with Gasteiger partial charge in [0.05, 0.1) is 12.2 Å². The molecule has 0 spiro atoms. The molecule has 2 aliphatic rings. The van der Waals surface area contributed by atoms with Crippen LogP contribution in [-0.4, -0.2) is 29.4 Å². The van der Waals surface area contributed by atoms with E-state index >= 15 is 0 Å². The highest BCUT2D eigenvalue weighted by Crippen LogP contribution is 2.19. The lowest BCUT2D eigenvalue weighted by molar-refractivity contribution is -0.133. The van der Waals surface area contributed by atoms with Gasteiger partial charge in [-0.1, -0.05) is 42.7 Å². The first kappa shape index (κ1) is 16.6. The summed E-state index contributed by atoms with van der Waals surface area (Å²) in [5.74, 6) is 0.0301. The number of aryl methyl sites for hydroxylation is 1. The molecule has 2 amide bonds. The summed E-state index contributed by atoms with van der Waals surface area (Å²) in [4.78, 5) is 24.1. The Labute approximate surface area is 143 Å². The average Bonchev–Trinajstić information content (AvgIpc) is 3.08. The lowest BCUT2D eigenvalue weighted by Gasteiger charge is -2.29. The molecule has 0 radical (unpaired) electrons. The Morgan fingerprint density at radius 3 is 2.67 bits per heavy atom. The fourth-order valence-corrected chi connectivity index (χ4v) is 3.23. The first-order valence-electron chi connectivity index (χ1n) is 8.75. The van der Waals surface area contributed by atoms with Crippen LogP contribution >= 0.6 is 0 Å². The third-order valence-corrected chi connectivity index (χ3v) is 4.68. The Bertz CT molecular complexity index is 631. The van der Waals surface area contributed by atoms with Crippen molar-refractivity contribution in [2.24, 2.45) is 0 Å². The molecule has 24 heavy (non-hydrogen) atoms. The Hall–Kier alpha value is -2.30. The van der Waals surface area contributed by atoms with Gasteiger partial charge in [0.15, 0.2) is 0 Å². The fraction of sp³-hybridized carbons (Fsp3) is 0.474. The highest BCUT2D eigenvalue weighted by molar-refractivity contribution is 5.84. The molecule has 1 aliphatic carbocycles. The predicted octanol–water partition coefficient (Wildman–Crippen LogP) is 2.52. The maximum Gasteiger partial charge on any atom is 0.244 e. The standard InChI is InChI=1S/C19H25N3O2/c1-14-6-8-15(9-7-14)17-10-11-19(24)22(21-17)13-12-18(23)20-16-4-2-3-5-16/h6-10,16,21H,2-5,11-13H2,1H3,(H,20,23). The van der Waals surface area contributed by atoms with E-state index in [-0.39, 0.29) is 11.8 Å². The zero-order valence-corrected chi connectivity index (χ0v) is 14.2. The van der Waals surface area contributed by atoms with E-state index in [1.54, 1.807) is 5.01 Å². The van der Waals surface area contributed by atoms with Gasteiger partial charge in [0.1, 0.15) is 0 Å². The zero-order chi connectivity index (χ0) is 16.9. The molecule has 1 saturated carbocycles. The molecule has 1 heterocycles. The summed E-state index contributed by atoms with van der Waals surface area (Å²) in [5, 5.41) is 4.62. The molecule has 2 N–H and O–H groups in total. The number of nitrogens with zero attached hydrogens (tertiary/aromatic N) is 1. The van der Waals surface area contributed by atoms with Crippen LogP contribution in [-0.2, 0) is 9.59 Å². The molecule has 5 nitrogen and oxygen atoms in total. The van der Waals surface area contributed by atoms with Crippen molar-refractivity contribution in [2.75, 3.05) is 6.54 Å². The Kier molecular flexibility index (Phi) is 5.18. The molecule has 1 aromatic rings. The summed E-state index contributed by atoms with van der Waals surface area (Å²) in [6.45, 7) is 2.44. The largest absolute Gasteiger partial charge is 0.353 e. The van der Waals surface area contributed by atoms with Crippen LogP contribution in [0.1, 0.15) is 49.7 Å². The van der Waals surface area contributed by atoms with Gasteiger partial charge in [-0.15, -0.1) is 0 Å². The van der Waals surface area contributed by atoms with E-state index in [1.807, 2.05) is 37.3 Å². The van der Waals surface area contributed by atoms with Crippen LogP contribution in [0.3, 0.4) is 0 Å². The Balaban J connectivity index is 1.53. The highest BCUT2D eigenvalue weighted by Gasteiger charge is 2.22. The molecule has 5 heteroatoms. The number of amides is 2. The van der Waals surface area contributed by atoms with Gasteiger partial charge in [0.2, 0.25) is 11.8 Å². The first-order chi connectivity index (χ1) is 11.6. The van der Waals surface area contributed by atoms with E-state index < -0.39 is 0 Å². The van der Waals surface area contributed by atoms with Gasteiger partial charge in [-0.3, -0.25) is 20.0 Å². The number of nitrogens with one attached hydrogen (secondary N) is 2. The predicted molar refractivity (Wildman–Crippen MR) is 93.6 cm³/mol. The maximum absolute atomic E-state index is 12.1. The highest BCUT2D eigenvalue weighted by atomic mass is 16.2. The smallest absolute Gasteiger partial charge is 0.244 e. The topological polar surface area (TPSA) is 61.4 Å². The molecule has 1 aliphatic heterocycles. The normalized spacial score (nSPS) is 18.3. The SMILES string of the molecule is Cc1ccc(C2=CCC(=O)N(CCC(=O)NC3CCCC3)N2)cc1. The van der Waals surface area contributed by atoms with E-state index in [0.29, 0.717) is 25.4 Å². The molecule has 3 rings (SSSR count). The van der Waals surface area contributed by atoms with E-state index in [2.05, 4.69) is 10.7 Å². The van der Waals surface area contributed by atoms with Crippen molar-refractivity contribution in [2.45, 2.75) is 51.5 Å². The quantitative estimate of drug-likeness (QED) is 0.873. The van der Waals surface area contributed by atoms with Crippen molar-refractivity contribution in [3.05, 3.63) is 41.5 Å². The number of carbonyl (C=O) groups excluding carboxylic acids is 2. The van der Waals surface area contributed by atoms with Crippen LogP contribution in [0, 0.1) is 6.92 Å². The molecule has 1 fully saturated rings. The van der Waals surface area contributed by atoms with Crippen LogP contribution in [0.25, 0.3) is 5.70 Å². The number of benzene rings is 1. The molecule has 0 saturated heterocycles. The number of hydrogen-bond acceptors (Lipinski definition) is 3. The summed E-state index contributed by atoms with van der Waals surface area (Å²) in [6, 6.07) is 8.50. The van der Waals surface area contributed by atoms with E-state index in [0.717, 1.165) is 24.1 Å². The van der Waals surface area contributed by atoms with Gasteiger partial charge in [0, 0.05) is 18.9 Å². The van der Waals surface area contributed by atoms with Crippen LogP contribution in [0.4, 0.5) is 0 Å². The minimum absolute atomic E-state index is 0.000437. The summed E-state index contributed by atoms with van der Waals surface area (Å²) >= 11 is 0. The monoisotopic (exact) mass is 327 g/mol. The molecule has 1 aromatic carbocycles. The molecular weight excluding hydrogens is 302 g/mol. The maximum atomic E-state index is 12.1. The zero-order valence-electron chi connectivity index (χ0n) is 14.2. The number of hydrazine groups is 1. The summed E-state index contributed by atoms with van der Waals surface area (Å²) < 4.78 is 0. The van der Waals surface area contributed by atoms with Crippen LogP contribution in [0.15, 0.2) is 30.3 Å².